The maximum atomic E-state index is 10.6. The molecule has 0 spiro atoms. The predicted molar refractivity (Wildman–Crippen MR) is 46.0 cm³/mol. The van der Waals surface area contributed by atoms with Gasteiger partial charge in [0.1, 0.15) is 0 Å². The maximum Gasteiger partial charge on any atom is 0.230 e. The van der Waals surface area contributed by atoms with Gasteiger partial charge in [0.15, 0.2) is 0 Å². The quantitative estimate of drug-likeness (QED) is 0.537. The van der Waals surface area contributed by atoms with Gasteiger partial charge in [0.25, 0.3) is 0 Å². The maximum absolute atomic E-state index is 10.6. The molecule has 0 bridgehead atoms. The van der Waals surface area contributed by atoms with Gasteiger partial charge in [-0.2, -0.15) is 0 Å². The van der Waals surface area contributed by atoms with Crippen molar-refractivity contribution in [1.82, 2.24) is 5.32 Å². The number of hydrogen-bond donors (Lipinski definition) is 1. The Morgan fingerprint density at radius 3 is 2.70 bits per heavy atom. The van der Waals surface area contributed by atoms with Crippen molar-refractivity contribution < 1.29 is 4.79 Å². The minimum absolute atomic E-state index is 0.0593. The number of halogens is 1. The Morgan fingerprint density at radius 2 is 2.20 bits per heavy atom. The Balaban J connectivity index is 2.96. The molecule has 0 aromatic carbocycles. The van der Waals surface area contributed by atoms with Crippen LogP contribution in [0, 0.1) is 6.92 Å². The van der Waals surface area contributed by atoms with E-state index in [1.54, 1.807) is 0 Å². The topological polar surface area (TPSA) is 29.1 Å². The smallest absolute Gasteiger partial charge is 0.230 e. The Morgan fingerprint density at radius 1 is 1.50 bits per heavy atom. The summed E-state index contributed by atoms with van der Waals surface area (Å²) >= 11 is 3.06. The molecule has 0 unspecified atom stereocenters. The van der Waals surface area contributed by atoms with Crippen LogP contribution in [-0.2, 0) is 4.79 Å². The highest BCUT2D eigenvalue weighted by atomic mass is 79.9. The molecule has 0 aliphatic rings. The lowest BCUT2D eigenvalue weighted by Gasteiger charge is -2.00. The first-order valence-electron chi connectivity index (χ1n) is 3.43. The molecule has 0 aliphatic carbocycles. The van der Waals surface area contributed by atoms with E-state index >= 15 is 0 Å². The van der Waals surface area contributed by atoms with Gasteiger partial charge in [-0.25, -0.2) is 0 Å². The zero-order valence-corrected chi connectivity index (χ0v) is 7.61. The largest absolute Gasteiger partial charge is 0.355 e. The first-order chi connectivity index (χ1) is 4.81. The number of unbranched alkanes of at least 4 members (excludes halogenated alkanes) is 2. The van der Waals surface area contributed by atoms with Crippen LogP contribution in [0.5, 0.6) is 0 Å². The second-order valence-electron chi connectivity index (χ2n) is 2.04. The average Bonchev–Trinajstić information content (AvgIpc) is 1.98. The molecular weight excluding hydrogens is 194 g/mol. The molecular formula is C7H13BrNO. The second-order valence-corrected chi connectivity index (χ2v) is 2.60. The number of hydrogen-bond acceptors (Lipinski definition) is 1. The molecule has 1 N–H and O–H groups in total. The Kier molecular flexibility index (Phi) is 7.03. The Bertz CT molecular complexity index is 95.6. The highest BCUT2D eigenvalue weighted by Gasteiger charge is 1.94. The number of amides is 1. The van der Waals surface area contributed by atoms with Crippen molar-refractivity contribution in [2.45, 2.75) is 19.3 Å². The number of rotatable bonds is 5. The van der Waals surface area contributed by atoms with Gasteiger partial charge in [-0.05, 0) is 6.42 Å². The van der Waals surface area contributed by atoms with Gasteiger partial charge in [-0.15, -0.1) is 0 Å². The van der Waals surface area contributed by atoms with Crippen LogP contribution in [0.2, 0.25) is 0 Å². The molecule has 0 rings (SSSR count). The van der Waals surface area contributed by atoms with Gasteiger partial charge in [-0.1, -0.05) is 35.7 Å². The normalized spacial score (nSPS) is 9.40. The number of carbonyl (C=O) groups excluding carboxylic acids is 1. The molecule has 0 atom stereocenters. The van der Waals surface area contributed by atoms with Crippen LogP contribution >= 0.6 is 15.9 Å². The van der Waals surface area contributed by atoms with Crippen LogP contribution in [-0.4, -0.2) is 17.8 Å². The zero-order valence-electron chi connectivity index (χ0n) is 6.03. The van der Waals surface area contributed by atoms with E-state index in [1.165, 1.54) is 0 Å². The van der Waals surface area contributed by atoms with Crippen molar-refractivity contribution in [3.8, 4) is 0 Å². The van der Waals surface area contributed by atoms with E-state index < -0.39 is 0 Å². The van der Waals surface area contributed by atoms with Gasteiger partial charge in [0.2, 0.25) is 5.91 Å². The molecule has 0 saturated carbocycles. The molecule has 0 aromatic rings. The molecule has 1 amide bonds. The van der Waals surface area contributed by atoms with Crippen LogP contribution in [0.3, 0.4) is 0 Å². The highest BCUT2D eigenvalue weighted by molar-refractivity contribution is 9.09. The summed E-state index contributed by atoms with van der Waals surface area (Å²) in [6, 6.07) is 0. The van der Waals surface area contributed by atoms with Crippen molar-refractivity contribution in [2.75, 3.05) is 11.9 Å². The van der Waals surface area contributed by atoms with E-state index in [-0.39, 0.29) is 5.91 Å². The Hall–Kier alpha value is -0.0500. The third-order valence-electron chi connectivity index (χ3n) is 1.12. The standard InChI is InChI=1S/C7H13BrNO/c1-2-3-4-5-9-7(10)6-8/h1-6H2,(H,9,10). The SMILES string of the molecule is [CH2]CCCCNC(=O)CBr. The lowest BCUT2D eigenvalue weighted by molar-refractivity contribution is -0.118. The molecule has 0 aliphatic heterocycles. The van der Waals surface area contributed by atoms with Crippen LogP contribution < -0.4 is 5.32 Å². The third kappa shape index (κ3) is 6.08. The zero-order chi connectivity index (χ0) is 7.82. The predicted octanol–water partition coefficient (Wildman–Crippen LogP) is 1.50. The lowest BCUT2D eigenvalue weighted by atomic mass is 10.2. The lowest BCUT2D eigenvalue weighted by Crippen LogP contribution is -2.25. The van der Waals surface area contributed by atoms with Gasteiger partial charge in [-0.3, -0.25) is 4.79 Å². The van der Waals surface area contributed by atoms with Crippen LogP contribution in [0.15, 0.2) is 0 Å². The average molecular weight is 207 g/mol. The Labute approximate surface area is 70.5 Å². The molecule has 59 valence electrons. The fourth-order valence-corrected chi connectivity index (χ4v) is 0.775. The van der Waals surface area contributed by atoms with Crippen LogP contribution in [0.25, 0.3) is 0 Å². The molecule has 3 heteroatoms. The second kappa shape index (κ2) is 7.06. The van der Waals surface area contributed by atoms with Crippen molar-refractivity contribution in [2.24, 2.45) is 0 Å². The number of nitrogens with one attached hydrogen (secondary N) is 1. The van der Waals surface area contributed by atoms with Gasteiger partial charge in [0, 0.05) is 6.54 Å². The van der Waals surface area contributed by atoms with Crippen molar-refractivity contribution >= 4 is 21.8 Å². The summed E-state index contributed by atoms with van der Waals surface area (Å²) in [6.45, 7) is 4.48. The van der Waals surface area contributed by atoms with Crippen LogP contribution in [0.1, 0.15) is 19.3 Å². The van der Waals surface area contributed by atoms with E-state index in [0.717, 1.165) is 25.8 Å². The minimum atomic E-state index is 0.0593. The molecule has 0 aromatic heterocycles. The van der Waals surface area contributed by atoms with E-state index in [9.17, 15) is 4.79 Å². The minimum Gasteiger partial charge on any atom is -0.355 e. The summed E-state index contributed by atoms with van der Waals surface area (Å²) in [5, 5.41) is 3.15. The molecule has 0 fully saturated rings. The van der Waals surface area contributed by atoms with E-state index in [0.29, 0.717) is 5.33 Å². The molecule has 0 heterocycles. The summed E-state index contributed by atoms with van der Waals surface area (Å²) in [6.07, 6.45) is 3.06. The summed E-state index contributed by atoms with van der Waals surface area (Å²) in [7, 11) is 0. The summed E-state index contributed by atoms with van der Waals surface area (Å²) in [5.41, 5.74) is 0. The monoisotopic (exact) mass is 206 g/mol. The fraction of sp³-hybridized carbons (Fsp3) is 0.714. The summed E-state index contributed by atoms with van der Waals surface area (Å²) in [5.74, 6) is 0.0593. The number of alkyl halides is 1. The van der Waals surface area contributed by atoms with Crippen molar-refractivity contribution in [3.63, 3.8) is 0 Å². The van der Waals surface area contributed by atoms with Crippen LogP contribution in [0.4, 0.5) is 0 Å². The molecule has 10 heavy (non-hydrogen) atoms. The first kappa shape index (κ1) is 9.95. The van der Waals surface area contributed by atoms with Gasteiger partial charge < -0.3 is 5.32 Å². The van der Waals surface area contributed by atoms with E-state index in [1.807, 2.05) is 0 Å². The van der Waals surface area contributed by atoms with E-state index in [4.69, 9.17) is 0 Å². The highest BCUT2D eigenvalue weighted by Crippen LogP contribution is 1.90. The fourth-order valence-electron chi connectivity index (χ4n) is 0.577. The first-order valence-corrected chi connectivity index (χ1v) is 4.55. The third-order valence-corrected chi connectivity index (χ3v) is 1.63. The molecule has 2 nitrogen and oxygen atoms in total. The van der Waals surface area contributed by atoms with Gasteiger partial charge in [0.05, 0.1) is 5.33 Å². The molecule has 1 radical (unpaired) electrons. The van der Waals surface area contributed by atoms with Crippen molar-refractivity contribution in [3.05, 3.63) is 6.92 Å². The van der Waals surface area contributed by atoms with E-state index in [2.05, 4.69) is 28.2 Å². The number of carbonyl (C=O) groups is 1. The summed E-state index contributed by atoms with van der Waals surface area (Å²) in [4.78, 5) is 10.6. The molecule has 0 saturated heterocycles. The summed E-state index contributed by atoms with van der Waals surface area (Å²) < 4.78 is 0. The van der Waals surface area contributed by atoms with Gasteiger partial charge >= 0.3 is 0 Å². The van der Waals surface area contributed by atoms with Crippen molar-refractivity contribution in [1.29, 1.82) is 0 Å².